The van der Waals surface area contributed by atoms with Gasteiger partial charge in [0.1, 0.15) is 6.61 Å². The Bertz CT molecular complexity index is 252. The molecule has 0 aromatic rings. The highest BCUT2D eigenvalue weighted by Gasteiger charge is 2.13. The first-order chi connectivity index (χ1) is 7.57. The minimum atomic E-state index is -1.53. The summed E-state index contributed by atoms with van der Waals surface area (Å²) in [6.45, 7) is 0.909. The van der Waals surface area contributed by atoms with E-state index in [0.29, 0.717) is 11.9 Å². The standard InChI is InChI=1S/C9H13BrO6/c10-3-4-15-5-6-16-8(12)2-1-7(11)9(13)14/h1-6H2,(H,13,14). The number of carboxylic acid groups (broad SMARTS) is 1. The summed E-state index contributed by atoms with van der Waals surface area (Å²) in [6, 6.07) is 0. The molecule has 0 aromatic carbocycles. The molecule has 0 heterocycles. The molecule has 0 aliphatic heterocycles. The van der Waals surface area contributed by atoms with Gasteiger partial charge in [0.2, 0.25) is 5.78 Å². The van der Waals surface area contributed by atoms with Crippen LogP contribution in [0.3, 0.4) is 0 Å². The number of rotatable bonds is 9. The van der Waals surface area contributed by atoms with E-state index < -0.39 is 17.7 Å². The largest absolute Gasteiger partial charge is 0.476 e. The van der Waals surface area contributed by atoms with Gasteiger partial charge < -0.3 is 14.6 Å². The van der Waals surface area contributed by atoms with Crippen molar-refractivity contribution in [2.75, 3.05) is 25.2 Å². The Morgan fingerprint density at radius 1 is 1.06 bits per heavy atom. The van der Waals surface area contributed by atoms with E-state index in [1.807, 2.05) is 0 Å². The maximum absolute atomic E-state index is 11.0. The average molecular weight is 297 g/mol. The van der Waals surface area contributed by atoms with E-state index in [1.54, 1.807) is 0 Å². The summed E-state index contributed by atoms with van der Waals surface area (Å²) >= 11 is 3.16. The molecule has 7 heteroatoms. The van der Waals surface area contributed by atoms with Crippen molar-refractivity contribution >= 4 is 33.7 Å². The molecule has 0 spiro atoms. The summed E-state index contributed by atoms with van der Waals surface area (Å²) < 4.78 is 9.71. The third kappa shape index (κ3) is 8.37. The monoisotopic (exact) mass is 296 g/mol. The van der Waals surface area contributed by atoms with Crippen molar-refractivity contribution in [3.8, 4) is 0 Å². The fourth-order valence-corrected chi connectivity index (χ4v) is 0.995. The number of Topliss-reactive ketones (excluding diaryl/α,β-unsaturated/α-hetero) is 1. The number of aliphatic carboxylic acids is 1. The van der Waals surface area contributed by atoms with Gasteiger partial charge in [-0.25, -0.2) is 4.79 Å². The second-order valence-corrected chi connectivity index (χ2v) is 3.54. The summed E-state index contributed by atoms with van der Waals surface area (Å²) in [5.41, 5.74) is 0. The van der Waals surface area contributed by atoms with Crippen LogP contribution in [0.1, 0.15) is 12.8 Å². The smallest absolute Gasteiger partial charge is 0.372 e. The Morgan fingerprint density at radius 2 is 1.75 bits per heavy atom. The normalized spacial score (nSPS) is 9.81. The van der Waals surface area contributed by atoms with Crippen molar-refractivity contribution in [2.24, 2.45) is 0 Å². The number of carboxylic acids is 1. The molecule has 16 heavy (non-hydrogen) atoms. The van der Waals surface area contributed by atoms with E-state index in [-0.39, 0.29) is 26.1 Å². The van der Waals surface area contributed by atoms with Crippen LogP contribution < -0.4 is 0 Å². The zero-order chi connectivity index (χ0) is 12.4. The first-order valence-corrected chi connectivity index (χ1v) is 5.75. The summed E-state index contributed by atoms with van der Waals surface area (Å²) in [5, 5.41) is 8.94. The molecule has 0 atom stereocenters. The lowest BCUT2D eigenvalue weighted by atomic mass is 10.2. The number of carbonyl (C=O) groups is 3. The molecule has 0 radical (unpaired) electrons. The van der Waals surface area contributed by atoms with E-state index in [0.717, 1.165) is 0 Å². The summed E-state index contributed by atoms with van der Waals surface area (Å²) in [7, 11) is 0. The molecular formula is C9H13BrO6. The van der Waals surface area contributed by atoms with Gasteiger partial charge in [0.25, 0.3) is 0 Å². The second-order valence-electron chi connectivity index (χ2n) is 2.75. The predicted octanol–water partition coefficient (Wildman–Crippen LogP) is 0.375. The number of ketones is 1. The first kappa shape index (κ1) is 15.0. The molecule has 0 bridgehead atoms. The Morgan fingerprint density at radius 3 is 2.31 bits per heavy atom. The van der Waals surface area contributed by atoms with Crippen LogP contribution in [0.4, 0.5) is 0 Å². The van der Waals surface area contributed by atoms with Crippen molar-refractivity contribution in [1.82, 2.24) is 0 Å². The van der Waals surface area contributed by atoms with Crippen LogP contribution in [-0.4, -0.2) is 48.0 Å². The fourth-order valence-electron chi connectivity index (χ4n) is 0.766. The number of alkyl halides is 1. The lowest BCUT2D eigenvalue weighted by Gasteiger charge is -2.04. The van der Waals surface area contributed by atoms with Gasteiger partial charge in [0.05, 0.1) is 19.6 Å². The first-order valence-electron chi connectivity index (χ1n) is 4.63. The van der Waals surface area contributed by atoms with Crippen molar-refractivity contribution in [2.45, 2.75) is 12.8 Å². The summed E-state index contributed by atoms with van der Waals surface area (Å²) in [5.74, 6) is -3.13. The quantitative estimate of drug-likeness (QED) is 0.286. The van der Waals surface area contributed by atoms with Crippen LogP contribution in [0.15, 0.2) is 0 Å². The highest BCUT2D eigenvalue weighted by atomic mass is 79.9. The molecular weight excluding hydrogens is 284 g/mol. The van der Waals surface area contributed by atoms with Crippen LogP contribution in [0, 0.1) is 0 Å². The van der Waals surface area contributed by atoms with Crippen molar-refractivity contribution in [1.29, 1.82) is 0 Å². The lowest BCUT2D eigenvalue weighted by molar-refractivity contribution is -0.151. The molecule has 0 aromatic heterocycles. The Hall–Kier alpha value is -0.950. The second kappa shape index (κ2) is 9.29. The van der Waals surface area contributed by atoms with Crippen LogP contribution in [0.2, 0.25) is 0 Å². The molecule has 6 nitrogen and oxygen atoms in total. The fraction of sp³-hybridized carbons (Fsp3) is 0.667. The number of ether oxygens (including phenoxy) is 2. The van der Waals surface area contributed by atoms with Crippen molar-refractivity contribution in [3.05, 3.63) is 0 Å². The molecule has 0 saturated heterocycles. The topological polar surface area (TPSA) is 89.9 Å². The third-order valence-electron chi connectivity index (χ3n) is 1.51. The zero-order valence-corrected chi connectivity index (χ0v) is 10.2. The maximum Gasteiger partial charge on any atom is 0.372 e. The number of carbonyl (C=O) groups excluding carboxylic acids is 2. The van der Waals surface area contributed by atoms with Crippen molar-refractivity contribution in [3.63, 3.8) is 0 Å². The van der Waals surface area contributed by atoms with E-state index in [4.69, 9.17) is 14.6 Å². The summed E-state index contributed by atoms with van der Waals surface area (Å²) in [6.07, 6.45) is -0.556. The molecule has 0 aliphatic rings. The van der Waals surface area contributed by atoms with E-state index in [9.17, 15) is 14.4 Å². The SMILES string of the molecule is O=C(CCC(=O)C(=O)O)OCCOCCBr. The van der Waals surface area contributed by atoms with Gasteiger partial charge in [-0.15, -0.1) is 0 Å². The molecule has 0 unspecified atom stereocenters. The highest BCUT2D eigenvalue weighted by molar-refractivity contribution is 9.09. The molecule has 0 rings (SSSR count). The van der Waals surface area contributed by atoms with E-state index in [2.05, 4.69) is 15.9 Å². The van der Waals surface area contributed by atoms with Gasteiger partial charge in [-0.3, -0.25) is 9.59 Å². The van der Waals surface area contributed by atoms with Gasteiger partial charge >= 0.3 is 11.9 Å². The number of esters is 1. The molecule has 1 N–H and O–H groups in total. The Labute approximate surface area is 101 Å². The predicted molar refractivity (Wildman–Crippen MR) is 57.4 cm³/mol. The van der Waals surface area contributed by atoms with Gasteiger partial charge in [-0.1, -0.05) is 15.9 Å². The van der Waals surface area contributed by atoms with Crippen LogP contribution in [0.5, 0.6) is 0 Å². The lowest BCUT2D eigenvalue weighted by Crippen LogP contribution is -2.16. The number of hydrogen-bond acceptors (Lipinski definition) is 5. The van der Waals surface area contributed by atoms with Crippen molar-refractivity contribution < 1.29 is 29.0 Å². The Kier molecular flexibility index (Phi) is 8.74. The third-order valence-corrected chi connectivity index (χ3v) is 1.83. The van der Waals surface area contributed by atoms with E-state index >= 15 is 0 Å². The Balaban J connectivity index is 3.45. The minimum absolute atomic E-state index is 0.104. The molecule has 0 fully saturated rings. The van der Waals surface area contributed by atoms with Gasteiger partial charge in [0, 0.05) is 11.8 Å². The molecule has 0 saturated carbocycles. The maximum atomic E-state index is 11.0. The van der Waals surface area contributed by atoms with Gasteiger partial charge in [-0.05, 0) is 0 Å². The number of halogens is 1. The van der Waals surface area contributed by atoms with Crippen LogP contribution in [-0.2, 0) is 23.9 Å². The van der Waals surface area contributed by atoms with Gasteiger partial charge in [-0.2, -0.15) is 0 Å². The highest BCUT2D eigenvalue weighted by Crippen LogP contribution is 1.95. The average Bonchev–Trinajstić information content (AvgIpc) is 2.25. The van der Waals surface area contributed by atoms with E-state index in [1.165, 1.54) is 0 Å². The van der Waals surface area contributed by atoms with Crippen LogP contribution >= 0.6 is 15.9 Å². The molecule has 0 amide bonds. The van der Waals surface area contributed by atoms with Crippen LogP contribution in [0.25, 0.3) is 0 Å². The number of hydrogen-bond donors (Lipinski definition) is 1. The molecule has 92 valence electrons. The van der Waals surface area contributed by atoms with Gasteiger partial charge in [0.15, 0.2) is 0 Å². The minimum Gasteiger partial charge on any atom is -0.476 e. The zero-order valence-electron chi connectivity index (χ0n) is 8.61. The molecule has 0 aliphatic carbocycles. The summed E-state index contributed by atoms with van der Waals surface area (Å²) in [4.78, 5) is 31.7.